The zero-order valence-electron chi connectivity index (χ0n) is 12.5. The van der Waals surface area contributed by atoms with Crippen molar-refractivity contribution in [2.24, 2.45) is 0 Å². The van der Waals surface area contributed by atoms with Gasteiger partial charge in [-0.25, -0.2) is 4.79 Å². The molecule has 120 valence electrons. The van der Waals surface area contributed by atoms with Crippen LogP contribution in [0.3, 0.4) is 0 Å². The molecule has 0 saturated heterocycles. The first-order chi connectivity index (χ1) is 10.7. The molecule has 0 aromatic heterocycles. The van der Waals surface area contributed by atoms with Gasteiger partial charge in [0.2, 0.25) is 0 Å². The van der Waals surface area contributed by atoms with E-state index >= 15 is 0 Å². The zero-order chi connectivity index (χ0) is 16.2. The van der Waals surface area contributed by atoms with E-state index < -0.39 is 12.1 Å². The summed E-state index contributed by atoms with van der Waals surface area (Å²) in [6, 6.07) is 7.05. The quantitative estimate of drug-likeness (QED) is 0.393. The Kier molecular flexibility index (Phi) is 8.64. The first-order valence-electron chi connectivity index (χ1n) is 7.13. The van der Waals surface area contributed by atoms with Crippen molar-refractivity contribution in [2.45, 2.75) is 18.9 Å². The highest BCUT2D eigenvalue weighted by Gasteiger charge is 2.06. The van der Waals surface area contributed by atoms with Crippen molar-refractivity contribution in [3.63, 3.8) is 0 Å². The van der Waals surface area contributed by atoms with Gasteiger partial charge < -0.3 is 19.7 Å². The second-order valence-electron chi connectivity index (χ2n) is 4.56. The van der Waals surface area contributed by atoms with E-state index in [0.29, 0.717) is 18.6 Å². The molecule has 0 heterocycles. The third-order valence-electron chi connectivity index (χ3n) is 2.83. The largest absolute Gasteiger partial charge is 0.491 e. The summed E-state index contributed by atoms with van der Waals surface area (Å²) in [4.78, 5) is 11.2. The van der Waals surface area contributed by atoms with Crippen LogP contribution < -0.4 is 4.74 Å². The van der Waals surface area contributed by atoms with Crippen LogP contribution in [0, 0.1) is 0 Å². The van der Waals surface area contributed by atoms with Gasteiger partial charge in [0, 0.05) is 6.08 Å². The number of carbonyl (C=O) groups is 1. The smallest absolute Gasteiger partial charge is 0.330 e. The molecule has 1 atom stereocenters. The van der Waals surface area contributed by atoms with Gasteiger partial charge in [0.1, 0.15) is 19.0 Å². The Morgan fingerprint density at radius 2 is 2.05 bits per heavy atom. The molecule has 2 N–H and O–H groups in total. The summed E-state index contributed by atoms with van der Waals surface area (Å²) in [7, 11) is 0. The van der Waals surface area contributed by atoms with Crippen LogP contribution in [0.15, 0.2) is 49.1 Å². The van der Waals surface area contributed by atoms with Crippen molar-refractivity contribution in [3.05, 3.63) is 54.6 Å². The summed E-state index contributed by atoms with van der Waals surface area (Å²) < 4.78 is 10.0. The van der Waals surface area contributed by atoms with E-state index in [4.69, 9.17) is 14.6 Å². The maximum atomic E-state index is 11.2. The Hall–Kier alpha value is -2.11. The molecule has 0 unspecified atom stereocenters. The van der Waals surface area contributed by atoms with E-state index in [1.807, 2.05) is 0 Å². The fourth-order valence-corrected chi connectivity index (χ4v) is 1.74. The van der Waals surface area contributed by atoms with Gasteiger partial charge in [0.15, 0.2) is 0 Å². The third kappa shape index (κ3) is 7.06. The van der Waals surface area contributed by atoms with Crippen LogP contribution in [0.5, 0.6) is 5.75 Å². The summed E-state index contributed by atoms with van der Waals surface area (Å²) >= 11 is 0. The molecular formula is C17H22O5. The lowest BCUT2D eigenvalue weighted by Gasteiger charge is -2.11. The Labute approximate surface area is 130 Å². The zero-order valence-corrected chi connectivity index (χ0v) is 12.5. The van der Waals surface area contributed by atoms with Gasteiger partial charge >= 0.3 is 5.97 Å². The minimum absolute atomic E-state index is 0.0358. The van der Waals surface area contributed by atoms with Crippen LogP contribution in [-0.2, 0) is 9.53 Å². The van der Waals surface area contributed by atoms with E-state index in [0.717, 1.165) is 5.56 Å². The van der Waals surface area contributed by atoms with E-state index in [1.54, 1.807) is 30.3 Å². The molecule has 1 aromatic rings. The minimum atomic E-state index is -0.610. The van der Waals surface area contributed by atoms with Crippen LogP contribution in [0.4, 0.5) is 0 Å². The number of benzene rings is 1. The number of ether oxygens (including phenoxy) is 2. The molecule has 0 bridgehead atoms. The molecule has 5 nitrogen and oxygen atoms in total. The molecule has 1 aromatic carbocycles. The minimum Gasteiger partial charge on any atom is -0.491 e. The normalized spacial score (nSPS) is 12.1. The maximum Gasteiger partial charge on any atom is 0.330 e. The molecule has 0 saturated carbocycles. The predicted molar refractivity (Wildman–Crippen MR) is 83.5 cm³/mol. The number of rotatable bonds is 10. The highest BCUT2D eigenvalue weighted by Crippen LogP contribution is 2.21. The Morgan fingerprint density at radius 1 is 1.32 bits per heavy atom. The van der Waals surface area contributed by atoms with Gasteiger partial charge in [0.05, 0.1) is 12.7 Å². The molecule has 0 radical (unpaired) electrons. The van der Waals surface area contributed by atoms with Crippen molar-refractivity contribution in [1.82, 2.24) is 0 Å². The highest BCUT2D eigenvalue weighted by molar-refractivity contribution is 5.81. The fraction of sp³-hybridized carbons (Fsp3) is 0.353. The monoisotopic (exact) mass is 306 g/mol. The lowest BCUT2D eigenvalue weighted by atomic mass is 10.0. The van der Waals surface area contributed by atoms with E-state index in [1.165, 1.54) is 12.2 Å². The van der Waals surface area contributed by atoms with Gasteiger partial charge in [-0.15, -0.1) is 0 Å². The van der Waals surface area contributed by atoms with Crippen molar-refractivity contribution >= 4 is 5.97 Å². The molecule has 0 aliphatic rings. The lowest BCUT2D eigenvalue weighted by molar-refractivity contribution is -0.136. The Morgan fingerprint density at radius 3 is 2.68 bits per heavy atom. The second-order valence-corrected chi connectivity index (χ2v) is 4.56. The number of hydrogen-bond acceptors (Lipinski definition) is 5. The molecule has 22 heavy (non-hydrogen) atoms. The van der Waals surface area contributed by atoms with Crippen molar-refractivity contribution in [3.8, 4) is 5.75 Å². The number of aliphatic hydroxyl groups excluding tert-OH is 2. The van der Waals surface area contributed by atoms with Crippen LogP contribution in [0.2, 0.25) is 0 Å². The predicted octanol–water partition coefficient (Wildman–Crippen LogP) is 2.16. The van der Waals surface area contributed by atoms with Crippen LogP contribution in [-0.4, -0.2) is 36.0 Å². The molecule has 0 amide bonds. The molecule has 5 heteroatoms. The Bertz CT molecular complexity index is 478. The summed E-state index contributed by atoms with van der Waals surface area (Å²) in [5.74, 6) is 0.231. The van der Waals surface area contributed by atoms with Gasteiger partial charge in [-0.05, 0) is 30.5 Å². The average molecular weight is 306 g/mol. The van der Waals surface area contributed by atoms with Gasteiger partial charge in [-0.3, -0.25) is 0 Å². The number of hydrogen-bond donors (Lipinski definition) is 2. The number of aliphatic hydroxyl groups is 2. The molecule has 0 spiro atoms. The second kappa shape index (κ2) is 10.6. The van der Waals surface area contributed by atoms with Gasteiger partial charge in [-0.2, -0.15) is 0 Å². The molecule has 0 aliphatic carbocycles. The average Bonchev–Trinajstić information content (AvgIpc) is 2.55. The molecule has 0 aliphatic heterocycles. The molecule has 1 rings (SSSR count). The summed E-state index contributed by atoms with van der Waals surface area (Å²) in [5.41, 5.74) is 0.777. The number of esters is 1. The summed E-state index contributed by atoms with van der Waals surface area (Å²) in [6.07, 6.45) is 4.98. The Balaban J connectivity index is 2.35. The van der Waals surface area contributed by atoms with E-state index in [2.05, 4.69) is 6.58 Å². The van der Waals surface area contributed by atoms with Crippen LogP contribution in [0.25, 0.3) is 0 Å². The fourth-order valence-electron chi connectivity index (χ4n) is 1.74. The summed E-state index contributed by atoms with van der Waals surface area (Å²) in [5, 5.41) is 18.7. The first-order valence-corrected chi connectivity index (χ1v) is 7.13. The number of carbonyl (C=O) groups excluding carboxylic acids is 1. The van der Waals surface area contributed by atoms with E-state index in [-0.39, 0.29) is 19.8 Å². The van der Waals surface area contributed by atoms with Crippen molar-refractivity contribution < 1.29 is 24.5 Å². The topological polar surface area (TPSA) is 76.0 Å². The SMILES string of the molecule is C=CCOC(=O)/C=C/CC[C@H](O)c1ccc(OCCO)cc1. The van der Waals surface area contributed by atoms with Crippen molar-refractivity contribution in [1.29, 1.82) is 0 Å². The third-order valence-corrected chi connectivity index (χ3v) is 2.83. The standard InChI is InChI=1S/C17H22O5/c1-2-12-22-17(20)6-4-3-5-16(19)14-7-9-15(10-8-14)21-13-11-18/h2,4,6-10,16,18-19H,1,3,5,11-13H2/b6-4+/t16-/m0/s1. The molecule has 0 fully saturated rings. The highest BCUT2D eigenvalue weighted by atomic mass is 16.5. The van der Waals surface area contributed by atoms with Gasteiger partial charge in [-0.1, -0.05) is 30.9 Å². The lowest BCUT2D eigenvalue weighted by Crippen LogP contribution is -2.02. The van der Waals surface area contributed by atoms with E-state index in [9.17, 15) is 9.90 Å². The number of allylic oxidation sites excluding steroid dienone is 1. The van der Waals surface area contributed by atoms with Crippen LogP contribution in [0.1, 0.15) is 24.5 Å². The first kappa shape index (κ1) is 17.9. The summed E-state index contributed by atoms with van der Waals surface area (Å²) in [6.45, 7) is 3.85. The molecular weight excluding hydrogens is 284 g/mol. The van der Waals surface area contributed by atoms with Gasteiger partial charge in [0.25, 0.3) is 0 Å². The van der Waals surface area contributed by atoms with Crippen LogP contribution >= 0.6 is 0 Å². The van der Waals surface area contributed by atoms with Crippen molar-refractivity contribution in [2.75, 3.05) is 19.8 Å². The maximum absolute atomic E-state index is 11.2.